The molecule has 1 fully saturated rings. The first-order valence-electron chi connectivity index (χ1n) is 6.81. The summed E-state index contributed by atoms with van der Waals surface area (Å²) >= 11 is 0. The molecule has 0 saturated carbocycles. The molecule has 116 valence electrons. The Labute approximate surface area is 126 Å². The van der Waals surface area contributed by atoms with Crippen LogP contribution in [0.15, 0.2) is 28.8 Å². The molecule has 1 aliphatic heterocycles. The number of carboxylic acid groups (broad SMARTS) is 1. The first-order chi connectivity index (χ1) is 10.7. The summed E-state index contributed by atoms with van der Waals surface area (Å²) in [5, 5.41) is 12.4. The fraction of sp³-hybridized carbons (Fsp3) is 0.333. The molecule has 1 atom stereocenters. The van der Waals surface area contributed by atoms with Crippen molar-refractivity contribution in [3.05, 3.63) is 30.0 Å². The molecule has 3 rings (SSSR count). The van der Waals surface area contributed by atoms with Gasteiger partial charge in [-0.1, -0.05) is 11.2 Å². The van der Waals surface area contributed by atoms with Crippen molar-refractivity contribution < 1.29 is 28.6 Å². The molecular weight excluding hydrogens is 290 g/mol. The Hall–Kier alpha value is -2.54. The predicted molar refractivity (Wildman–Crippen MR) is 75.3 cm³/mol. The number of benzene rings is 1. The van der Waals surface area contributed by atoms with Gasteiger partial charge in [0.25, 0.3) is 0 Å². The number of rotatable bonds is 5. The Morgan fingerprint density at radius 1 is 1.45 bits per heavy atom. The molecule has 7 nitrogen and oxygen atoms in total. The largest absolute Gasteiger partial charge is 0.492 e. The van der Waals surface area contributed by atoms with E-state index in [1.54, 1.807) is 18.2 Å². The van der Waals surface area contributed by atoms with E-state index < -0.39 is 5.97 Å². The van der Waals surface area contributed by atoms with Crippen molar-refractivity contribution in [3.8, 4) is 22.8 Å². The lowest BCUT2D eigenvalue weighted by Crippen LogP contribution is -2.16. The average molecular weight is 305 g/mol. The standard InChI is InChI=1S/C15H15NO6/c1-19-14-10(13-7-11(15(17)18)16-22-13)3-2-4-12(14)21-9-5-6-20-8-9/h2-4,7,9H,5-6,8H2,1H3,(H,17,18). The second-order valence-electron chi connectivity index (χ2n) is 4.82. The molecule has 22 heavy (non-hydrogen) atoms. The maximum atomic E-state index is 10.9. The second kappa shape index (κ2) is 6.07. The van der Waals surface area contributed by atoms with Crippen molar-refractivity contribution in [2.45, 2.75) is 12.5 Å². The van der Waals surface area contributed by atoms with Crippen molar-refractivity contribution in [1.29, 1.82) is 0 Å². The van der Waals surface area contributed by atoms with Crippen molar-refractivity contribution in [3.63, 3.8) is 0 Å². The molecule has 1 N–H and O–H groups in total. The highest BCUT2D eigenvalue weighted by molar-refractivity contribution is 5.87. The van der Waals surface area contributed by atoms with E-state index in [-0.39, 0.29) is 11.8 Å². The Kier molecular flexibility index (Phi) is 3.97. The summed E-state index contributed by atoms with van der Waals surface area (Å²) in [5.74, 6) is 0.193. The lowest BCUT2D eigenvalue weighted by molar-refractivity contribution is 0.0686. The van der Waals surface area contributed by atoms with Crippen LogP contribution in [0.2, 0.25) is 0 Å². The number of para-hydroxylation sites is 1. The van der Waals surface area contributed by atoms with Crippen LogP contribution in [0.1, 0.15) is 16.9 Å². The van der Waals surface area contributed by atoms with E-state index in [9.17, 15) is 4.79 Å². The van der Waals surface area contributed by atoms with Crippen molar-refractivity contribution in [2.75, 3.05) is 20.3 Å². The van der Waals surface area contributed by atoms with Crippen LogP contribution in [0.4, 0.5) is 0 Å². The molecule has 1 unspecified atom stereocenters. The average Bonchev–Trinajstić information content (AvgIpc) is 3.18. The Morgan fingerprint density at radius 2 is 2.32 bits per heavy atom. The molecule has 0 aliphatic carbocycles. The molecule has 0 spiro atoms. The van der Waals surface area contributed by atoms with Crippen molar-refractivity contribution in [2.24, 2.45) is 0 Å². The Balaban J connectivity index is 1.94. The first kappa shape index (κ1) is 14.4. The second-order valence-corrected chi connectivity index (χ2v) is 4.82. The molecule has 7 heteroatoms. The highest BCUT2D eigenvalue weighted by Crippen LogP contribution is 2.39. The lowest BCUT2D eigenvalue weighted by atomic mass is 10.1. The molecule has 2 aromatic rings. The van der Waals surface area contributed by atoms with Crippen LogP contribution in [-0.4, -0.2) is 42.7 Å². The summed E-state index contributed by atoms with van der Waals surface area (Å²) in [6.07, 6.45) is 0.798. The minimum Gasteiger partial charge on any atom is -0.492 e. The van der Waals surface area contributed by atoms with Crippen LogP contribution in [0.25, 0.3) is 11.3 Å². The van der Waals surface area contributed by atoms with E-state index in [2.05, 4.69) is 5.16 Å². The fourth-order valence-corrected chi connectivity index (χ4v) is 2.30. The van der Waals surface area contributed by atoms with E-state index in [1.807, 2.05) is 0 Å². The van der Waals surface area contributed by atoms with Gasteiger partial charge in [0.1, 0.15) is 6.10 Å². The maximum Gasteiger partial charge on any atom is 0.358 e. The quantitative estimate of drug-likeness (QED) is 0.905. The van der Waals surface area contributed by atoms with E-state index in [1.165, 1.54) is 13.2 Å². The number of nitrogens with zero attached hydrogens (tertiary/aromatic N) is 1. The molecule has 1 aromatic heterocycles. The van der Waals surface area contributed by atoms with Gasteiger partial charge >= 0.3 is 5.97 Å². The third kappa shape index (κ3) is 2.75. The van der Waals surface area contributed by atoms with Gasteiger partial charge in [-0.25, -0.2) is 4.79 Å². The van der Waals surface area contributed by atoms with Gasteiger partial charge in [0.05, 0.1) is 25.9 Å². The zero-order valence-corrected chi connectivity index (χ0v) is 11.9. The number of ether oxygens (including phenoxy) is 3. The zero-order valence-electron chi connectivity index (χ0n) is 11.9. The lowest BCUT2D eigenvalue weighted by Gasteiger charge is -2.16. The van der Waals surface area contributed by atoms with Crippen LogP contribution in [0.3, 0.4) is 0 Å². The highest BCUT2D eigenvalue weighted by Gasteiger charge is 2.22. The minimum atomic E-state index is -1.15. The maximum absolute atomic E-state index is 10.9. The summed E-state index contributed by atoms with van der Waals surface area (Å²) in [5.41, 5.74) is 0.423. The highest BCUT2D eigenvalue weighted by atomic mass is 16.6. The van der Waals surface area contributed by atoms with Crippen LogP contribution in [-0.2, 0) is 4.74 Å². The van der Waals surface area contributed by atoms with Crippen LogP contribution in [0.5, 0.6) is 11.5 Å². The molecule has 0 radical (unpaired) electrons. The fourth-order valence-electron chi connectivity index (χ4n) is 2.30. The zero-order chi connectivity index (χ0) is 15.5. The third-order valence-corrected chi connectivity index (χ3v) is 3.36. The minimum absolute atomic E-state index is 0.0199. The third-order valence-electron chi connectivity index (χ3n) is 3.36. The van der Waals surface area contributed by atoms with E-state index in [0.29, 0.717) is 36.0 Å². The number of aromatic nitrogens is 1. The molecule has 1 aliphatic rings. The summed E-state index contributed by atoms with van der Waals surface area (Å²) in [6, 6.07) is 6.67. The van der Waals surface area contributed by atoms with E-state index in [0.717, 1.165) is 6.42 Å². The summed E-state index contributed by atoms with van der Waals surface area (Å²) < 4.78 is 21.7. The predicted octanol–water partition coefficient (Wildman–Crippen LogP) is 2.22. The summed E-state index contributed by atoms with van der Waals surface area (Å²) in [7, 11) is 1.52. The summed E-state index contributed by atoms with van der Waals surface area (Å²) in [4.78, 5) is 10.9. The van der Waals surface area contributed by atoms with Crippen LogP contribution < -0.4 is 9.47 Å². The molecule has 2 heterocycles. The SMILES string of the molecule is COc1c(OC2CCOC2)cccc1-c1cc(C(=O)O)no1. The number of carbonyl (C=O) groups is 1. The van der Waals surface area contributed by atoms with Crippen LogP contribution in [0, 0.1) is 0 Å². The van der Waals surface area contributed by atoms with Gasteiger partial charge in [0.2, 0.25) is 0 Å². The first-order valence-corrected chi connectivity index (χ1v) is 6.81. The molecule has 1 saturated heterocycles. The van der Waals surface area contributed by atoms with E-state index >= 15 is 0 Å². The van der Waals surface area contributed by atoms with Gasteiger partial charge in [0.15, 0.2) is 23.0 Å². The molecule has 1 aromatic carbocycles. The van der Waals surface area contributed by atoms with Crippen molar-refractivity contribution in [1.82, 2.24) is 5.16 Å². The van der Waals surface area contributed by atoms with Gasteiger partial charge in [-0.3, -0.25) is 0 Å². The number of carboxylic acids is 1. The number of hydrogen-bond donors (Lipinski definition) is 1. The molecule has 0 amide bonds. The number of aromatic carboxylic acids is 1. The molecule has 0 bridgehead atoms. The number of methoxy groups -OCH3 is 1. The smallest absolute Gasteiger partial charge is 0.358 e. The van der Waals surface area contributed by atoms with E-state index in [4.69, 9.17) is 23.8 Å². The summed E-state index contributed by atoms with van der Waals surface area (Å²) in [6.45, 7) is 1.22. The van der Waals surface area contributed by atoms with Gasteiger partial charge < -0.3 is 23.8 Å². The Morgan fingerprint density at radius 3 is 2.95 bits per heavy atom. The van der Waals surface area contributed by atoms with Gasteiger partial charge in [-0.2, -0.15) is 0 Å². The van der Waals surface area contributed by atoms with Crippen LogP contribution >= 0.6 is 0 Å². The normalized spacial score (nSPS) is 17.4. The van der Waals surface area contributed by atoms with Gasteiger partial charge in [0, 0.05) is 12.5 Å². The van der Waals surface area contributed by atoms with Gasteiger partial charge in [-0.15, -0.1) is 0 Å². The Bertz CT molecular complexity index is 674. The monoisotopic (exact) mass is 305 g/mol. The van der Waals surface area contributed by atoms with Gasteiger partial charge in [-0.05, 0) is 12.1 Å². The van der Waals surface area contributed by atoms with Crippen molar-refractivity contribution >= 4 is 5.97 Å². The number of hydrogen-bond acceptors (Lipinski definition) is 6. The topological polar surface area (TPSA) is 91.0 Å². The molecular formula is C15H15NO6.